The molecule has 0 bridgehead atoms. The van der Waals surface area contributed by atoms with Crippen LogP contribution < -0.4 is 5.32 Å². The monoisotopic (exact) mass is 330 g/mol. The molecule has 2 aromatic rings. The first-order valence-electron chi connectivity index (χ1n) is 7.80. The Bertz CT molecular complexity index is 611. The van der Waals surface area contributed by atoms with E-state index in [1.54, 1.807) is 16.2 Å². The molecular weight excluding hydrogens is 308 g/mol. The fourth-order valence-electron chi connectivity index (χ4n) is 2.26. The smallest absolute Gasteiger partial charge is 0.239 e. The van der Waals surface area contributed by atoms with Crippen LogP contribution in [0.25, 0.3) is 0 Å². The van der Waals surface area contributed by atoms with Crippen LogP contribution in [0, 0.1) is 0 Å². The molecular formula is C18H22N2O2S. The highest BCUT2D eigenvalue weighted by Gasteiger charge is 2.15. The number of likely N-dealkylation sites (N-methyl/N-ethyl adjacent to an activating group) is 1. The van der Waals surface area contributed by atoms with Gasteiger partial charge in [0.15, 0.2) is 0 Å². The van der Waals surface area contributed by atoms with Crippen molar-refractivity contribution < 1.29 is 9.59 Å². The average Bonchev–Trinajstić information content (AvgIpc) is 3.10. The van der Waals surface area contributed by atoms with E-state index in [0.29, 0.717) is 25.9 Å². The normalized spacial score (nSPS) is 10.3. The molecule has 0 unspecified atom stereocenters. The first kappa shape index (κ1) is 17.2. The highest BCUT2D eigenvalue weighted by molar-refractivity contribution is 7.09. The quantitative estimate of drug-likeness (QED) is 0.809. The molecule has 0 saturated carbocycles. The lowest BCUT2D eigenvalue weighted by molar-refractivity contribution is -0.135. The lowest BCUT2D eigenvalue weighted by Crippen LogP contribution is -2.40. The minimum absolute atomic E-state index is 0.0163. The molecule has 5 heteroatoms. The number of hydrogen-bond donors (Lipinski definition) is 1. The number of aryl methyl sites for hydroxylation is 1. The summed E-state index contributed by atoms with van der Waals surface area (Å²) in [6.45, 7) is 3.08. The molecule has 0 aliphatic carbocycles. The Hall–Kier alpha value is -2.14. The molecule has 1 aromatic carbocycles. The number of nitrogens with zero attached hydrogens (tertiary/aromatic N) is 1. The van der Waals surface area contributed by atoms with Crippen molar-refractivity contribution in [3.8, 4) is 0 Å². The van der Waals surface area contributed by atoms with Gasteiger partial charge in [-0.3, -0.25) is 9.59 Å². The molecule has 0 aliphatic rings. The van der Waals surface area contributed by atoms with E-state index in [2.05, 4.69) is 5.32 Å². The third kappa shape index (κ3) is 5.87. The number of nitrogens with one attached hydrogen (secondary N) is 1. The zero-order valence-corrected chi connectivity index (χ0v) is 14.1. The Morgan fingerprint density at radius 3 is 2.57 bits per heavy atom. The van der Waals surface area contributed by atoms with Crippen LogP contribution in [0.15, 0.2) is 47.8 Å². The summed E-state index contributed by atoms with van der Waals surface area (Å²) in [7, 11) is 0. The van der Waals surface area contributed by atoms with E-state index in [1.165, 1.54) is 0 Å². The van der Waals surface area contributed by atoms with Gasteiger partial charge < -0.3 is 10.2 Å². The van der Waals surface area contributed by atoms with Crippen LogP contribution in [0.3, 0.4) is 0 Å². The third-order valence-corrected chi connectivity index (χ3v) is 4.46. The first-order chi connectivity index (χ1) is 11.2. The summed E-state index contributed by atoms with van der Waals surface area (Å²) in [4.78, 5) is 27.0. The van der Waals surface area contributed by atoms with Crippen LogP contribution >= 0.6 is 11.3 Å². The largest absolute Gasteiger partial charge is 0.350 e. The summed E-state index contributed by atoms with van der Waals surface area (Å²) in [5, 5.41) is 4.84. The molecule has 23 heavy (non-hydrogen) atoms. The molecule has 0 fully saturated rings. The van der Waals surface area contributed by atoms with Crippen molar-refractivity contribution in [2.75, 3.05) is 13.1 Å². The molecule has 0 aliphatic heterocycles. The van der Waals surface area contributed by atoms with Crippen molar-refractivity contribution in [1.29, 1.82) is 0 Å². The van der Waals surface area contributed by atoms with Crippen LogP contribution in [0.4, 0.5) is 0 Å². The number of hydrogen-bond acceptors (Lipinski definition) is 3. The van der Waals surface area contributed by atoms with Crippen molar-refractivity contribution in [3.05, 3.63) is 58.3 Å². The zero-order valence-electron chi connectivity index (χ0n) is 13.3. The summed E-state index contributed by atoms with van der Waals surface area (Å²) >= 11 is 1.61. The first-order valence-corrected chi connectivity index (χ1v) is 8.67. The maximum absolute atomic E-state index is 12.3. The number of carbonyl (C=O) groups is 2. The third-order valence-electron chi connectivity index (χ3n) is 3.58. The van der Waals surface area contributed by atoms with E-state index in [1.807, 2.05) is 54.8 Å². The number of benzene rings is 1. The Labute approximate surface area is 141 Å². The van der Waals surface area contributed by atoms with Gasteiger partial charge in [-0.1, -0.05) is 36.4 Å². The van der Waals surface area contributed by atoms with E-state index < -0.39 is 0 Å². The molecule has 1 N–H and O–H groups in total. The Morgan fingerprint density at radius 1 is 1.13 bits per heavy atom. The maximum atomic E-state index is 12.3. The molecule has 2 rings (SSSR count). The maximum Gasteiger partial charge on any atom is 0.239 e. The highest BCUT2D eigenvalue weighted by Crippen LogP contribution is 2.08. The van der Waals surface area contributed by atoms with Crippen LogP contribution in [0.1, 0.15) is 23.8 Å². The molecule has 1 aromatic heterocycles. The van der Waals surface area contributed by atoms with Gasteiger partial charge in [0.2, 0.25) is 11.8 Å². The number of carbonyl (C=O) groups excluding carboxylic acids is 2. The number of amides is 2. The van der Waals surface area contributed by atoms with Gasteiger partial charge in [-0.25, -0.2) is 0 Å². The van der Waals surface area contributed by atoms with Gasteiger partial charge >= 0.3 is 0 Å². The van der Waals surface area contributed by atoms with Gasteiger partial charge in [0.05, 0.1) is 13.1 Å². The summed E-state index contributed by atoms with van der Waals surface area (Å²) in [5.41, 5.74) is 1.14. The summed E-state index contributed by atoms with van der Waals surface area (Å²) in [5.74, 6) is -0.101. The zero-order chi connectivity index (χ0) is 16.5. The van der Waals surface area contributed by atoms with Gasteiger partial charge in [0.25, 0.3) is 0 Å². The number of thiophene rings is 1. The second-order valence-electron chi connectivity index (χ2n) is 5.25. The van der Waals surface area contributed by atoms with Crippen molar-refractivity contribution in [2.45, 2.75) is 26.3 Å². The van der Waals surface area contributed by atoms with Crippen LogP contribution in [0.2, 0.25) is 0 Å². The molecule has 2 amide bonds. The minimum Gasteiger partial charge on any atom is -0.350 e. The van der Waals surface area contributed by atoms with E-state index in [4.69, 9.17) is 0 Å². The van der Waals surface area contributed by atoms with Crippen molar-refractivity contribution in [1.82, 2.24) is 10.2 Å². The Morgan fingerprint density at radius 2 is 1.91 bits per heavy atom. The predicted molar refractivity (Wildman–Crippen MR) is 93.2 cm³/mol. The summed E-state index contributed by atoms with van der Waals surface area (Å²) in [6, 6.07) is 13.9. The molecule has 0 spiro atoms. The Balaban J connectivity index is 1.76. The SMILES string of the molecule is CCN(CC(=O)NCc1cccs1)C(=O)CCc1ccccc1. The fraction of sp³-hybridized carbons (Fsp3) is 0.333. The molecule has 0 atom stereocenters. The van der Waals surface area contributed by atoms with Gasteiger partial charge in [0, 0.05) is 17.8 Å². The lowest BCUT2D eigenvalue weighted by Gasteiger charge is -2.20. The van der Waals surface area contributed by atoms with Crippen LogP contribution in [-0.2, 0) is 22.6 Å². The average molecular weight is 330 g/mol. The van der Waals surface area contributed by atoms with Gasteiger partial charge in [-0.2, -0.15) is 0 Å². The van der Waals surface area contributed by atoms with Crippen molar-refractivity contribution in [2.24, 2.45) is 0 Å². The molecule has 122 valence electrons. The minimum atomic E-state index is -0.117. The number of rotatable bonds is 8. The van der Waals surface area contributed by atoms with Crippen molar-refractivity contribution >= 4 is 23.2 Å². The second kappa shape index (κ2) is 9.10. The van der Waals surface area contributed by atoms with Crippen molar-refractivity contribution in [3.63, 3.8) is 0 Å². The molecule has 0 radical (unpaired) electrons. The van der Waals surface area contributed by atoms with Crippen LogP contribution in [-0.4, -0.2) is 29.8 Å². The highest BCUT2D eigenvalue weighted by atomic mass is 32.1. The summed E-state index contributed by atoms with van der Waals surface area (Å²) in [6.07, 6.45) is 1.13. The topological polar surface area (TPSA) is 49.4 Å². The van der Waals surface area contributed by atoms with E-state index >= 15 is 0 Å². The molecule has 1 heterocycles. The van der Waals surface area contributed by atoms with Gasteiger partial charge in [-0.15, -0.1) is 11.3 Å². The predicted octanol–water partition coefficient (Wildman–Crippen LogP) is 2.85. The van der Waals surface area contributed by atoms with E-state index in [-0.39, 0.29) is 18.4 Å². The van der Waals surface area contributed by atoms with Gasteiger partial charge in [0.1, 0.15) is 0 Å². The van der Waals surface area contributed by atoms with E-state index in [0.717, 1.165) is 10.4 Å². The second-order valence-corrected chi connectivity index (χ2v) is 6.28. The standard InChI is InChI=1S/C18H22N2O2S/c1-2-20(14-17(21)19-13-16-9-6-12-23-16)18(22)11-10-15-7-4-3-5-8-15/h3-9,12H,2,10-11,13-14H2,1H3,(H,19,21). The summed E-state index contributed by atoms with van der Waals surface area (Å²) < 4.78 is 0. The van der Waals surface area contributed by atoms with Gasteiger partial charge in [-0.05, 0) is 30.4 Å². The van der Waals surface area contributed by atoms with Crippen LogP contribution in [0.5, 0.6) is 0 Å². The Kier molecular flexibility index (Phi) is 6.81. The lowest BCUT2D eigenvalue weighted by atomic mass is 10.1. The molecule has 0 saturated heterocycles. The molecule has 4 nitrogen and oxygen atoms in total. The fourth-order valence-corrected chi connectivity index (χ4v) is 2.90. The van der Waals surface area contributed by atoms with E-state index in [9.17, 15) is 9.59 Å².